The van der Waals surface area contributed by atoms with Gasteiger partial charge in [-0.25, -0.2) is 8.78 Å². The van der Waals surface area contributed by atoms with Crippen LogP contribution in [0.1, 0.15) is 45.1 Å². The summed E-state index contributed by atoms with van der Waals surface area (Å²) < 4.78 is 43.4. The van der Waals surface area contributed by atoms with Gasteiger partial charge in [-0.1, -0.05) is 31.2 Å². The summed E-state index contributed by atoms with van der Waals surface area (Å²) in [5, 5.41) is 12.8. The summed E-state index contributed by atoms with van der Waals surface area (Å²) in [6.07, 6.45) is 5.61. The third-order valence-electron chi connectivity index (χ3n) is 9.45. The number of halogens is 2. The van der Waals surface area contributed by atoms with Gasteiger partial charge in [0, 0.05) is 49.9 Å². The second kappa shape index (κ2) is 11.5. The first-order valence-electron chi connectivity index (χ1n) is 15.7. The predicted molar refractivity (Wildman–Crippen MR) is 166 cm³/mol. The Bertz CT molecular complexity index is 1700. The molecule has 1 aliphatic carbocycles. The van der Waals surface area contributed by atoms with E-state index in [1.807, 2.05) is 30.9 Å². The molecule has 4 aromatic rings. The molecule has 3 aliphatic rings. The Morgan fingerprint density at radius 3 is 2.61 bits per heavy atom. The van der Waals surface area contributed by atoms with Crippen molar-refractivity contribution in [2.75, 3.05) is 57.4 Å². The molecule has 4 heterocycles. The van der Waals surface area contributed by atoms with Crippen LogP contribution in [-0.2, 0) is 11.2 Å². The molecule has 1 saturated carbocycles. The summed E-state index contributed by atoms with van der Waals surface area (Å²) in [4.78, 5) is 18.4. The molecule has 2 aliphatic heterocycles. The van der Waals surface area contributed by atoms with Crippen molar-refractivity contribution in [2.24, 2.45) is 5.41 Å². The molecule has 2 saturated heterocycles. The number of pyridine rings is 1. The van der Waals surface area contributed by atoms with Crippen LogP contribution in [0.15, 0.2) is 36.5 Å². The van der Waals surface area contributed by atoms with Crippen molar-refractivity contribution in [1.29, 1.82) is 0 Å². The van der Waals surface area contributed by atoms with Crippen LogP contribution in [0, 0.1) is 17.0 Å². The van der Waals surface area contributed by atoms with Gasteiger partial charge < -0.3 is 19.5 Å². The highest BCUT2D eigenvalue weighted by Crippen LogP contribution is 2.47. The number of aliphatic hydroxyl groups is 1. The average Bonchev–Trinajstić information content (AvgIpc) is 3.79. The highest BCUT2D eigenvalue weighted by molar-refractivity contribution is 6.00. The van der Waals surface area contributed by atoms with Crippen LogP contribution in [0.3, 0.4) is 0 Å². The maximum absolute atomic E-state index is 16.7. The van der Waals surface area contributed by atoms with E-state index in [1.54, 1.807) is 18.3 Å². The van der Waals surface area contributed by atoms with Gasteiger partial charge in [-0.15, -0.1) is 0 Å². The van der Waals surface area contributed by atoms with Crippen molar-refractivity contribution in [3.05, 3.63) is 53.7 Å². The Labute approximate surface area is 256 Å². The van der Waals surface area contributed by atoms with Gasteiger partial charge in [0.15, 0.2) is 5.82 Å². The molecule has 0 spiro atoms. The zero-order valence-electron chi connectivity index (χ0n) is 25.4. The van der Waals surface area contributed by atoms with E-state index in [2.05, 4.69) is 14.9 Å². The maximum Gasteiger partial charge on any atom is 0.319 e. The molecule has 0 unspecified atom stereocenters. The Morgan fingerprint density at radius 2 is 1.86 bits per heavy atom. The zero-order chi connectivity index (χ0) is 30.5. The van der Waals surface area contributed by atoms with Crippen LogP contribution >= 0.6 is 0 Å². The maximum atomic E-state index is 16.7. The number of piperidine rings is 1. The van der Waals surface area contributed by atoms with Gasteiger partial charge in [0.05, 0.1) is 30.8 Å². The van der Waals surface area contributed by atoms with Crippen molar-refractivity contribution >= 4 is 27.5 Å². The molecule has 7 rings (SSSR count). The van der Waals surface area contributed by atoms with E-state index in [1.165, 1.54) is 6.07 Å². The van der Waals surface area contributed by atoms with Crippen LogP contribution < -0.4 is 9.64 Å². The molecule has 10 heteroatoms. The Balaban J connectivity index is 1.31. The second-order valence-corrected chi connectivity index (χ2v) is 13.0. The van der Waals surface area contributed by atoms with Crippen molar-refractivity contribution in [2.45, 2.75) is 51.6 Å². The molecule has 2 aromatic heterocycles. The monoisotopic (exact) mass is 603 g/mol. The largest absolute Gasteiger partial charge is 0.463 e. The van der Waals surface area contributed by atoms with Crippen molar-refractivity contribution in [3.8, 4) is 17.3 Å². The number of β-amino-alcohol motifs (C(OH)–C–C–N with tert-alkyl or cyclic N) is 1. The number of anilines is 1. The van der Waals surface area contributed by atoms with Gasteiger partial charge in [0.1, 0.15) is 22.8 Å². The molecular weight excluding hydrogens is 564 g/mol. The van der Waals surface area contributed by atoms with Crippen LogP contribution in [0.5, 0.6) is 6.01 Å². The summed E-state index contributed by atoms with van der Waals surface area (Å²) in [7, 11) is 0. The standard InChI is InChI=1S/C34H39F2N5O3/c1-3-23-26(35)9-8-22-6-4-7-24(27(22)23)29-28(36)30-25(18-37-29)31(41-13-5-10-33(2,42)19-41)39-32(38-30)44-21-34(11-12-34)20-40-14-16-43-17-15-40/h4,6-9,18,42H,3,5,10-17,19-21H2,1-2H3/t33-/m1/s1. The van der Waals surface area contributed by atoms with E-state index in [-0.39, 0.29) is 28.5 Å². The van der Waals surface area contributed by atoms with Gasteiger partial charge in [-0.2, -0.15) is 9.97 Å². The number of hydrogen-bond donors (Lipinski definition) is 1. The lowest BCUT2D eigenvalue weighted by Gasteiger charge is -2.38. The van der Waals surface area contributed by atoms with Crippen LogP contribution in [-0.4, -0.2) is 83.1 Å². The van der Waals surface area contributed by atoms with Gasteiger partial charge in [-0.3, -0.25) is 9.88 Å². The minimum atomic E-state index is -0.901. The molecule has 44 heavy (non-hydrogen) atoms. The number of aromatic nitrogens is 3. The van der Waals surface area contributed by atoms with Crippen molar-refractivity contribution in [3.63, 3.8) is 0 Å². The smallest absolute Gasteiger partial charge is 0.319 e. The molecule has 0 bridgehead atoms. The Kier molecular flexibility index (Phi) is 7.63. The lowest BCUT2D eigenvalue weighted by molar-refractivity contribution is 0.0231. The molecule has 0 radical (unpaired) electrons. The first kappa shape index (κ1) is 29.3. The first-order valence-corrected chi connectivity index (χ1v) is 15.7. The van der Waals surface area contributed by atoms with E-state index >= 15 is 4.39 Å². The SMILES string of the molecule is CCc1c(F)ccc2cccc(-c3ncc4c(N5CCC[C@@](C)(O)C5)nc(OCC5(CN6CCOCC6)CC5)nc4c3F)c12. The summed E-state index contributed by atoms with van der Waals surface area (Å²) in [5.74, 6) is -0.427. The Morgan fingerprint density at radius 1 is 1.05 bits per heavy atom. The number of aryl methyl sites for hydroxylation is 1. The molecule has 2 aromatic carbocycles. The second-order valence-electron chi connectivity index (χ2n) is 13.0. The lowest BCUT2D eigenvalue weighted by Crippen LogP contribution is -2.46. The lowest BCUT2D eigenvalue weighted by atomic mass is 9.94. The summed E-state index contributed by atoms with van der Waals surface area (Å²) in [6.45, 7) is 9.38. The topological polar surface area (TPSA) is 83.8 Å². The van der Waals surface area contributed by atoms with Gasteiger partial charge in [0.2, 0.25) is 0 Å². The molecule has 0 amide bonds. The molecule has 232 valence electrons. The van der Waals surface area contributed by atoms with Gasteiger partial charge in [0.25, 0.3) is 0 Å². The zero-order valence-corrected chi connectivity index (χ0v) is 25.4. The molecule has 3 fully saturated rings. The third kappa shape index (κ3) is 5.59. The average molecular weight is 604 g/mol. The number of fused-ring (bicyclic) bond motifs is 2. The fourth-order valence-electron chi connectivity index (χ4n) is 6.86. The van der Waals surface area contributed by atoms with Gasteiger partial charge in [-0.05, 0) is 61.4 Å². The highest BCUT2D eigenvalue weighted by atomic mass is 19.1. The van der Waals surface area contributed by atoms with E-state index in [4.69, 9.17) is 14.5 Å². The van der Waals surface area contributed by atoms with Crippen molar-refractivity contribution in [1.82, 2.24) is 19.9 Å². The van der Waals surface area contributed by atoms with E-state index in [0.717, 1.165) is 57.5 Å². The third-order valence-corrected chi connectivity index (χ3v) is 9.45. The number of hydrogen-bond acceptors (Lipinski definition) is 8. The summed E-state index contributed by atoms with van der Waals surface area (Å²) in [5.41, 5.74) is 0.375. The quantitative estimate of drug-likeness (QED) is 0.282. The van der Waals surface area contributed by atoms with Crippen LogP contribution in [0.2, 0.25) is 0 Å². The fraction of sp³-hybridized carbons (Fsp3) is 0.500. The Hall–Kier alpha value is -3.47. The first-order chi connectivity index (χ1) is 21.3. The summed E-state index contributed by atoms with van der Waals surface area (Å²) >= 11 is 0. The molecule has 1 N–H and O–H groups in total. The highest BCUT2D eigenvalue weighted by Gasteiger charge is 2.45. The number of ether oxygens (including phenoxy) is 2. The summed E-state index contributed by atoms with van der Waals surface area (Å²) in [6, 6.07) is 8.79. The van der Waals surface area contributed by atoms with E-state index < -0.39 is 11.4 Å². The van der Waals surface area contributed by atoms with Crippen LogP contribution in [0.4, 0.5) is 14.6 Å². The number of benzene rings is 2. The van der Waals surface area contributed by atoms with E-state index in [9.17, 15) is 9.50 Å². The molecule has 8 nitrogen and oxygen atoms in total. The minimum Gasteiger partial charge on any atom is -0.463 e. The predicted octanol–water partition coefficient (Wildman–Crippen LogP) is 5.53. The number of nitrogens with zero attached hydrogens (tertiary/aromatic N) is 5. The number of morpholine rings is 1. The van der Waals surface area contributed by atoms with E-state index in [0.29, 0.717) is 60.3 Å². The molecule has 1 atom stereocenters. The van der Waals surface area contributed by atoms with Gasteiger partial charge >= 0.3 is 6.01 Å². The van der Waals surface area contributed by atoms with Crippen molar-refractivity contribution < 1.29 is 23.4 Å². The minimum absolute atomic E-state index is 0.0240. The fourth-order valence-corrected chi connectivity index (χ4v) is 6.86. The molecular formula is C34H39F2N5O3. The normalized spacial score (nSPS) is 22.1. The number of rotatable bonds is 8. The van der Waals surface area contributed by atoms with Crippen LogP contribution in [0.25, 0.3) is 32.9 Å².